The first-order chi connectivity index (χ1) is 12.3. The lowest BCUT2D eigenvalue weighted by Crippen LogP contribution is -2.52. The number of rotatable bonds is 5. The topological polar surface area (TPSA) is 40.1 Å². The number of hydrogen-bond donors (Lipinski definition) is 1. The highest BCUT2D eigenvalue weighted by molar-refractivity contribution is 14.0. The minimum absolute atomic E-state index is 0. The molecule has 7 heteroatoms. The van der Waals surface area contributed by atoms with Crippen molar-refractivity contribution in [3.8, 4) is 0 Å². The summed E-state index contributed by atoms with van der Waals surface area (Å²) in [6.07, 6.45) is 0. The van der Waals surface area contributed by atoms with Crippen molar-refractivity contribution in [3.63, 3.8) is 0 Å². The maximum absolute atomic E-state index is 5.15. The number of piperazine rings is 1. The van der Waals surface area contributed by atoms with Gasteiger partial charge in [0.15, 0.2) is 5.96 Å². The summed E-state index contributed by atoms with van der Waals surface area (Å²) in [5.74, 6) is 0.979. The van der Waals surface area contributed by atoms with Crippen LogP contribution in [0, 0.1) is 0 Å². The number of anilines is 1. The summed E-state index contributed by atoms with van der Waals surface area (Å²) >= 11 is 1.81. The Morgan fingerprint density at radius 3 is 2.38 bits per heavy atom. The average Bonchev–Trinajstić information content (AvgIpc) is 3.19. The quantitative estimate of drug-likeness (QED) is 0.400. The zero-order valence-electron chi connectivity index (χ0n) is 15.4. The van der Waals surface area contributed by atoms with Gasteiger partial charge in [-0.05, 0) is 28.6 Å². The fourth-order valence-electron chi connectivity index (χ4n) is 3.02. The second-order valence-corrected chi connectivity index (χ2v) is 7.00. The Labute approximate surface area is 177 Å². The van der Waals surface area contributed by atoms with Gasteiger partial charge in [0.1, 0.15) is 0 Å². The van der Waals surface area contributed by atoms with Crippen molar-refractivity contribution in [1.29, 1.82) is 0 Å². The minimum Gasteiger partial charge on any atom is -0.380 e. The summed E-state index contributed by atoms with van der Waals surface area (Å²) in [6.45, 7) is 5.49. The van der Waals surface area contributed by atoms with Crippen molar-refractivity contribution < 1.29 is 4.74 Å². The first-order valence-electron chi connectivity index (χ1n) is 8.61. The van der Waals surface area contributed by atoms with E-state index in [-0.39, 0.29) is 24.0 Å². The molecular formula is C19H27IN4OS. The fraction of sp³-hybridized carbons (Fsp3) is 0.421. The molecule has 3 rings (SSSR count). The summed E-state index contributed by atoms with van der Waals surface area (Å²) in [4.78, 5) is 9.24. The summed E-state index contributed by atoms with van der Waals surface area (Å²) in [5.41, 5.74) is 2.44. The third-order valence-electron chi connectivity index (χ3n) is 4.39. The van der Waals surface area contributed by atoms with Crippen molar-refractivity contribution in [1.82, 2.24) is 10.2 Å². The predicted octanol–water partition coefficient (Wildman–Crippen LogP) is 3.41. The largest absolute Gasteiger partial charge is 0.380 e. The first kappa shape index (κ1) is 21.0. The summed E-state index contributed by atoms with van der Waals surface area (Å²) in [6, 6.07) is 12.8. The van der Waals surface area contributed by atoms with E-state index in [1.807, 2.05) is 18.4 Å². The zero-order valence-corrected chi connectivity index (χ0v) is 18.5. The van der Waals surface area contributed by atoms with Gasteiger partial charge in [0.05, 0.1) is 11.6 Å². The normalized spacial score (nSPS) is 14.9. The van der Waals surface area contributed by atoms with Crippen molar-refractivity contribution >= 4 is 46.3 Å². The number of nitrogens with zero attached hydrogens (tertiary/aromatic N) is 3. The molecule has 0 spiro atoms. The number of benzene rings is 1. The molecule has 1 fully saturated rings. The third kappa shape index (κ3) is 5.59. The molecule has 2 heterocycles. The van der Waals surface area contributed by atoms with Crippen LogP contribution in [0.15, 0.2) is 46.8 Å². The first-order valence-corrected chi connectivity index (χ1v) is 9.49. The molecule has 0 atom stereocenters. The monoisotopic (exact) mass is 486 g/mol. The predicted molar refractivity (Wildman–Crippen MR) is 121 cm³/mol. The molecule has 26 heavy (non-hydrogen) atoms. The van der Waals surface area contributed by atoms with Gasteiger partial charge in [-0.15, -0.1) is 35.3 Å². The van der Waals surface area contributed by atoms with Crippen molar-refractivity contribution in [2.45, 2.75) is 13.2 Å². The van der Waals surface area contributed by atoms with E-state index >= 15 is 0 Å². The molecule has 0 amide bonds. The number of halogens is 1. The van der Waals surface area contributed by atoms with Crippen molar-refractivity contribution in [3.05, 3.63) is 52.9 Å². The van der Waals surface area contributed by atoms with Gasteiger partial charge in [0.25, 0.3) is 0 Å². The minimum atomic E-state index is 0. The number of aliphatic imine (C=N–C) groups is 1. The fourth-order valence-corrected chi connectivity index (χ4v) is 3.81. The highest BCUT2D eigenvalue weighted by Gasteiger charge is 2.20. The Hall–Kier alpha value is -1.32. The van der Waals surface area contributed by atoms with Crippen LogP contribution >= 0.6 is 35.3 Å². The Balaban J connectivity index is 0.00000243. The molecule has 0 unspecified atom stereocenters. The zero-order chi connectivity index (χ0) is 17.5. The molecule has 0 saturated carbocycles. The van der Waals surface area contributed by atoms with Gasteiger partial charge in [-0.25, -0.2) is 0 Å². The van der Waals surface area contributed by atoms with Gasteiger partial charge in [-0.1, -0.05) is 24.3 Å². The lowest BCUT2D eigenvalue weighted by molar-refractivity contribution is 0.185. The van der Waals surface area contributed by atoms with Gasteiger partial charge in [-0.3, -0.25) is 4.99 Å². The molecule has 1 aromatic carbocycles. The van der Waals surface area contributed by atoms with Crippen LogP contribution in [-0.2, 0) is 17.9 Å². The molecule has 0 aliphatic carbocycles. The number of ether oxygens (including phenoxy) is 1. The maximum Gasteiger partial charge on any atom is 0.194 e. The highest BCUT2D eigenvalue weighted by Crippen LogP contribution is 2.22. The lowest BCUT2D eigenvalue weighted by atomic mass is 10.1. The molecule has 5 nitrogen and oxygen atoms in total. The molecule has 1 N–H and O–H groups in total. The van der Waals surface area contributed by atoms with Crippen molar-refractivity contribution in [2.75, 3.05) is 45.2 Å². The molecule has 1 aliphatic rings. The van der Waals surface area contributed by atoms with Crippen LogP contribution in [0.3, 0.4) is 0 Å². The van der Waals surface area contributed by atoms with Crippen LogP contribution in [0.25, 0.3) is 0 Å². The Bertz CT molecular complexity index is 667. The molecular weight excluding hydrogens is 459 g/mol. The smallest absolute Gasteiger partial charge is 0.194 e. The van der Waals surface area contributed by atoms with Crippen LogP contribution in [0.2, 0.25) is 0 Å². The molecule has 1 saturated heterocycles. The van der Waals surface area contributed by atoms with Gasteiger partial charge in [-0.2, -0.15) is 0 Å². The van der Waals surface area contributed by atoms with Crippen LogP contribution in [0.1, 0.15) is 11.1 Å². The summed E-state index contributed by atoms with van der Waals surface area (Å²) < 4.78 is 5.15. The van der Waals surface area contributed by atoms with Crippen LogP contribution in [0.4, 0.5) is 5.00 Å². The molecule has 0 bridgehead atoms. The maximum atomic E-state index is 5.15. The van der Waals surface area contributed by atoms with Crippen LogP contribution in [-0.4, -0.2) is 51.2 Å². The van der Waals surface area contributed by atoms with Crippen LogP contribution in [0.5, 0.6) is 0 Å². The molecule has 0 radical (unpaired) electrons. The number of nitrogens with one attached hydrogen (secondary N) is 1. The third-order valence-corrected chi connectivity index (χ3v) is 5.32. The van der Waals surface area contributed by atoms with E-state index in [0.29, 0.717) is 6.61 Å². The number of methoxy groups -OCH3 is 1. The van der Waals surface area contributed by atoms with E-state index in [2.05, 4.69) is 61.9 Å². The van der Waals surface area contributed by atoms with Gasteiger partial charge in [0, 0.05) is 46.9 Å². The Morgan fingerprint density at radius 1 is 1.12 bits per heavy atom. The summed E-state index contributed by atoms with van der Waals surface area (Å²) in [5, 5.41) is 6.98. The van der Waals surface area contributed by atoms with E-state index in [4.69, 9.17) is 4.74 Å². The molecule has 142 valence electrons. The lowest BCUT2D eigenvalue weighted by Gasteiger charge is -2.37. The number of hydrogen-bond acceptors (Lipinski definition) is 4. The SMILES string of the molecule is CN=C(NCc1ccc(COC)cc1)N1CCN(c2cccs2)CC1.I. The number of guanidine groups is 1. The number of thiophene rings is 1. The second-order valence-electron chi connectivity index (χ2n) is 6.08. The van der Waals surface area contributed by atoms with E-state index in [1.54, 1.807) is 7.11 Å². The Morgan fingerprint density at radius 2 is 1.81 bits per heavy atom. The molecule has 1 aliphatic heterocycles. The standard InChI is InChI=1S/C19H26N4OS.HI/c1-20-19(21-14-16-5-7-17(8-6-16)15-24-2)23-11-9-22(10-12-23)18-4-3-13-25-18;/h3-8,13H,9-12,14-15H2,1-2H3,(H,20,21);1H. The average molecular weight is 486 g/mol. The second kappa shape index (κ2) is 10.7. The highest BCUT2D eigenvalue weighted by atomic mass is 127. The summed E-state index contributed by atoms with van der Waals surface area (Å²) in [7, 11) is 3.58. The van der Waals surface area contributed by atoms with Gasteiger partial charge in [0.2, 0.25) is 0 Å². The van der Waals surface area contributed by atoms with Gasteiger partial charge >= 0.3 is 0 Å². The van der Waals surface area contributed by atoms with E-state index in [1.165, 1.54) is 16.1 Å². The molecule has 2 aromatic rings. The van der Waals surface area contributed by atoms with Gasteiger partial charge < -0.3 is 19.9 Å². The Kier molecular flexibility index (Phi) is 8.67. The molecule has 1 aromatic heterocycles. The van der Waals surface area contributed by atoms with Crippen LogP contribution < -0.4 is 10.2 Å². The van der Waals surface area contributed by atoms with E-state index < -0.39 is 0 Å². The van der Waals surface area contributed by atoms with E-state index in [9.17, 15) is 0 Å². The van der Waals surface area contributed by atoms with Crippen molar-refractivity contribution in [2.24, 2.45) is 4.99 Å². The van der Waals surface area contributed by atoms with E-state index in [0.717, 1.165) is 38.7 Å².